The Morgan fingerprint density at radius 1 is 1.23 bits per heavy atom. The standard InChI is InChI=1S/C18H21N3O/c1-14(22)21-9-5-8-16(13-21)18-12-19-17(11-20-18)10-15-6-3-2-4-7-15/h2-4,6-7,11-12,16H,5,8-10,13H2,1H3. The van der Waals surface area contributed by atoms with Crippen molar-refractivity contribution in [3.63, 3.8) is 0 Å². The Kier molecular flexibility index (Phi) is 4.47. The molecular weight excluding hydrogens is 274 g/mol. The van der Waals surface area contributed by atoms with Crippen LogP contribution in [-0.4, -0.2) is 33.9 Å². The van der Waals surface area contributed by atoms with E-state index in [-0.39, 0.29) is 5.91 Å². The molecule has 2 aromatic rings. The van der Waals surface area contributed by atoms with E-state index in [0.29, 0.717) is 5.92 Å². The Morgan fingerprint density at radius 2 is 2.05 bits per heavy atom. The predicted octanol–water partition coefficient (Wildman–Crippen LogP) is 2.79. The van der Waals surface area contributed by atoms with Crippen LogP contribution in [0.3, 0.4) is 0 Å². The molecule has 0 aliphatic carbocycles. The summed E-state index contributed by atoms with van der Waals surface area (Å²) in [4.78, 5) is 22.6. The van der Waals surface area contributed by atoms with E-state index in [1.165, 1.54) is 5.56 Å². The smallest absolute Gasteiger partial charge is 0.219 e. The normalized spacial score (nSPS) is 18.2. The van der Waals surface area contributed by atoms with Crippen LogP contribution in [-0.2, 0) is 11.2 Å². The number of carbonyl (C=O) groups excluding carboxylic acids is 1. The third-order valence-corrected chi connectivity index (χ3v) is 4.24. The molecule has 1 aliphatic heterocycles. The third-order valence-electron chi connectivity index (χ3n) is 4.24. The van der Waals surface area contributed by atoms with Crippen molar-refractivity contribution in [2.45, 2.75) is 32.1 Å². The van der Waals surface area contributed by atoms with Crippen LogP contribution in [0, 0.1) is 0 Å². The Morgan fingerprint density at radius 3 is 2.73 bits per heavy atom. The minimum Gasteiger partial charge on any atom is -0.342 e. The summed E-state index contributed by atoms with van der Waals surface area (Å²) in [5.74, 6) is 0.467. The second kappa shape index (κ2) is 6.69. The van der Waals surface area contributed by atoms with E-state index in [1.54, 1.807) is 6.92 Å². The number of benzene rings is 1. The van der Waals surface area contributed by atoms with E-state index >= 15 is 0 Å². The minimum absolute atomic E-state index is 0.151. The van der Waals surface area contributed by atoms with E-state index in [9.17, 15) is 4.79 Å². The van der Waals surface area contributed by atoms with Gasteiger partial charge >= 0.3 is 0 Å². The van der Waals surface area contributed by atoms with Crippen molar-refractivity contribution in [2.24, 2.45) is 0 Å². The van der Waals surface area contributed by atoms with Gasteiger partial charge in [0.15, 0.2) is 0 Å². The molecule has 0 saturated carbocycles. The van der Waals surface area contributed by atoms with E-state index in [1.807, 2.05) is 35.5 Å². The van der Waals surface area contributed by atoms with Crippen molar-refractivity contribution in [3.05, 3.63) is 59.7 Å². The summed E-state index contributed by atoms with van der Waals surface area (Å²) in [6.07, 6.45) is 6.67. The second-order valence-corrected chi connectivity index (χ2v) is 5.90. The molecule has 2 heterocycles. The average molecular weight is 295 g/mol. The molecule has 22 heavy (non-hydrogen) atoms. The SMILES string of the molecule is CC(=O)N1CCCC(c2cnc(Cc3ccccc3)cn2)C1. The molecule has 0 spiro atoms. The molecule has 1 unspecified atom stereocenters. The van der Waals surface area contributed by atoms with Gasteiger partial charge < -0.3 is 4.90 Å². The summed E-state index contributed by atoms with van der Waals surface area (Å²) in [5, 5.41) is 0. The molecular formula is C18H21N3O. The number of likely N-dealkylation sites (tertiary alicyclic amines) is 1. The van der Waals surface area contributed by atoms with Crippen molar-refractivity contribution in [2.75, 3.05) is 13.1 Å². The van der Waals surface area contributed by atoms with Crippen molar-refractivity contribution in [1.29, 1.82) is 0 Å². The maximum atomic E-state index is 11.5. The van der Waals surface area contributed by atoms with Crippen LogP contribution in [0.15, 0.2) is 42.7 Å². The second-order valence-electron chi connectivity index (χ2n) is 5.90. The highest BCUT2D eigenvalue weighted by Gasteiger charge is 2.23. The number of nitrogens with zero attached hydrogens (tertiary/aromatic N) is 3. The van der Waals surface area contributed by atoms with Crippen molar-refractivity contribution >= 4 is 5.91 Å². The van der Waals surface area contributed by atoms with Crippen LogP contribution in [0.5, 0.6) is 0 Å². The van der Waals surface area contributed by atoms with E-state index in [2.05, 4.69) is 22.1 Å². The third kappa shape index (κ3) is 3.50. The van der Waals surface area contributed by atoms with Gasteiger partial charge in [0.25, 0.3) is 0 Å². The van der Waals surface area contributed by atoms with Gasteiger partial charge in [0.2, 0.25) is 5.91 Å². The predicted molar refractivity (Wildman–Crippen MR) is 85.5 cm³/mol. The summed E-state index contributed by atoms with van der Waals surface area (Å²) in [5.41, 5.74) is 3.22. The van der Waals surface area contributed by atoms with Gasteiger partial charge in [-0.25, -0.2) is 0 Å². The van der Waals surface area contributed by atoms with E-state index in [0.717, 1.165) is 43.7 Å². The molecule has 1 saturated heterocycles. The van der Waals surface area contributed by atoms with E-state index < -0.39 is 0 Å². The van der Waals surface area contributed by atoms with Crippen molar-refractivity contribution < 1.29 is 4.79 Å². The molecule has 1 aliphatic rings. The number of aromatic nitrogens is 2. The zero-order chi connectivity index (χ0) is 15.4. The Labute approximate surface area is 131 Å². The van der Waals surface area contributed by atoms with Crippen molar-refractivity contribution in [1.82, 2.24) is 14.9 Å². The number of amides is 1. The number of hydrogen-bond donors (Lipinski definition) is 0. The Hall–Kier alpha value is -2.23. The number of rotatable bonds is 3. The van der Waals surface area contributed by atoms with Crippen LogP contribution >= 0.6 is 0 Å². The molecule has 4 heteroatoms. The largest absolute Gasteiger partial charge is 0.342 e. The lowest BCUT2D eigenvalue weighted by Gasteiger charge is -2.31. The fourth-order valence-corrected chi connectivity index (χ4v) is 2.98. The first-order valence-electron chi connectivity index (χ1n) is 7.82. The average Bonchev–Trinajstić information content (AvgIpc) is 2.56. The quantitative estimate of drug-likeness (QED) is 0.874. The lowest BCUT2D eigenvalue weighted by Crippen LogP contribution is -2.37. The summed E-state index contributed by atoms with van der Waals surface area (Å²) in [6, 6.07) is 10.3. The van der Waals surface area contributed by atoms with E-state index in [4.69, 9.17) is 0 Å². The van der Waals surface area contributed by atoms with Gasteiger partial charge in [0.1, 0.15) is 0 Å². The molecule has 1 atom stereocenters. The topological polar surface area (TPSA) is 46.1 Å². The highest BCUT2D eigenvalue weighted by Crippen LogP contribution is 2.25. The molecule has 1 aromatic carbocycles. The first-order chi connectivity index (χ1) is 10.7. The molecule has 1 fully saturated rings. The first kappa shape index (κ1) is 14.7. The maximum Gasteiger partial charge on any atom is 0.219 e. The zero-order valence-corrected chi connectivity index (χ0v) is 12.9. The molecule has 1 aromatic heterocycles. The Bertz CT molecular complexity index is 625. The number of carbonyl (C=O) groups is 1. The summed E-state index contributed by atoms with van der Waals surface area (Å²) in [6.45, 7) is 3.27. The van der Waals surface area contributed by atoms with Gasteiger partial charge in [0, 0.05) is 44.7 Å². The Balaban J connectivity index is 1.67. The molecule has 0 N–H and O–H groups in total. The number of piperidine rings is 1. The van der Waals surface area contributed by atoms with Gasteiger partial charge in [-0.15, -0.1) is 0 Å². The van der Waals surface area contributed by atoms with Crippen LogP contribution < -0.4 is 0 Å². The fourth-order valence-electron chi connectivity index (χ4n) is 2.98. The van der Waals surface area contributed by atoms with Crippen LogP contribution in [0.1, 0.15) is 42.6 Å². The maximum absolute atomic E-state index is 11.5. The van der Waals surface area contributed by atoms with Gasteiger partial charge in [-0.3, -0.25) is 14.8 Å². The van der Waals surface area contributed by atoms with Crippen molar-refractivity contribution in [3.8, 4) is 0 Å². The summed E-state index contributed by atoms with van der Waals surface area (Å²) < 4.78 is 0. The molecule has 1 amide bonds. The van der Waals surface area contributed by atoms with Gasteiger partial charge in [-0.2, -0.15) is 0 Å². The first-order valence-corrected chi connectivity index (χ1v) is 7.82. The molecule has 4 nitrogen and oxygen atoms in total. The molecule has 0 radical (unpaired) electrons. The molecule has 3 rings (SSSR count). The monoisotopic (exact) mass is 295 g/mol. The van der Waals surface area contributed by atoms with Crippen LogP contribution in [0.2, 0.25) is 0 Å². The zero-order valence-electron chi connectivity index (χ0n) is 12.9. The minimum atomic E-state index is 0.151. The number of hydrogen-bond acceptors (Lipinski definition) is 3. The molecule has 0 bridgehead atoms. The van der Waals surface area contributed by atoms with Gasteiger partial charge in [0.05, 0.1) is 11.4 Å². The lowest BCUT2D eigenvalue weighted by molar-refractivity contribution is -0.130. The van der Waals surface area contributed by atoms with Gasteiger partial charge in [-0.1, -0.05) is 30.3 Å². The highest BCUT2D eigenvalue weighted by atomic mass is 16.2. The fraction of sp³-hybridized carbons (Fsp3) is 0.389. The summed E-state index contributed by atoms with van der Waals surface area (Å²) in [7, 11) is 0. The van der Waals surface area contributed by atoms with Gasteiger partial charge in [-0.05, 0) is 18.4 Å². The summed E-state index contributed by atoms with van der Waals surface area (Å²) >= 11 is 0. The van der Waals surface area contributed by atoms with Crippen LogP contribution in [0.4, 0.5) is 0 Å². The highest BCUT2D eigenvalue weighted by molar-refractivity contribution is 5.73. The lowest BCUT2D eigenvalue weighted by atomic mass is 9.95. The van der Waals surface area contributed by atoms with Crippen LogP contribution in [0.25, 0.3) is 0 Å². The molecule has 114 valence electrons.